The Hall–Kier alpha value is -2.45. The van der Waals surface area contributed by atoms with Crippen LogP contribution in [-0.4, -0.2) is 34.6 Å². The molecule has 1 aliphatic heterocycles. The summed E-state index contributed by atoms with van der Waals surface area (Å²) in [6.07, 6.45) is 10.6. The molecule has 32 heavy (non-hydrogen) atoms. The summed E-state index contributed by atoms with van der Waals surface area (Å²) in [5.41, 5.74) is 6.12. The molecule has 0 radical (unpaired) electrons. The molecule has 0 aliphatic carbocycles. The van der Waals surface area contributed by atoms with Crippen molar-refractivity contribution in [2.24, 2.45) is 0 Å². The molecule has 4 rings (SSSR count). The standard InChI is InChI=1S/C24H30N4O2S2/c1-7-18(8-2)19-14-16(4)26-28-22(17(5)25-24(19)28)23-15(3)13-20(31-23)27-12-10-9-11-21(27)32(6,29)30/h9-14,18,21H,7-8H2,1-6H3. The minimum absolute atomic E-state index is 0.439. The summed E-state index contributed by atoms with van der Waals surface area (Å²) in [4.78, 5) is 7.82. The van der Waals surface area contributed by atoms with Crippen LogP contribution in [-0.2, 0) is 9.84 Å². The van der Waals surface area contributed by atoms with E-state index in [0.717, 1.165) is 51.0 Å². The Labute approximate surface area is 194 Å². The number of nitrogens with zero attached hydrogens (tertiary/aromatic N) is 4. The van der Waals surface area contributed by atoms with Crippen molar-refractivity contribution in [3.63, 3.8) is 0 Å². The molecule has 0 bridgehead atoms. The lowest BCUT2D eigenvalue weighted by atomic mass is 9.95. The van der Waals surface area contributed by atoms with E-state index in [2.05, 4.69) is 32.9 Å². The van der Waals surface area contributed by atoms with Crippen LogP contribution in [0.5, 0.6) is 0 Å². The van der Waals surface area contributed by atoms with Gasteiger partial charge in [-0.15, -0.1) is 11.3 Å². The summed E-state index contributed by atoms with van der Waals surface area (Å²) in [6.45, 7) is 10.5. The second-order valence-electron chi connectivity index (χ2n) is 8.49. The molecule has 3 aromatic rings. The molecular weight excluding hydrogens is 440 g/mol. The fourth-order valence-corrected chi connectivity index (χ4v) is 6.74. The zero-order valence-corrected chi connectivity index (χ0v) is 21.1. The van der Waals surface area contributed by atoms with E-state index in [1.54, 1.807) is 23.5 Å². The van der Waals surface area contributed by atoms with E-state index in [9.17, 15) is 8.42 Å². The van der Waals surface area contributed by atoms with Crippen molar-refractivity contribution in [1.82, 2.24) is 14.6 Å². The maximum Gasteiger partial charge on any atom is 0.172 e. The molecular formula is C24H30N4O2S2. The van der Waals surface area contributed by atoms with Crippen LogP contribution in [0.1, 0.15) is 55.1 Å². The van der Waals surface area contributed by atoms with E-state index in [4.69, 9.17) is 10.1 Å². The molecule has 3 aromatic heterocycles. The van der Waals surface area contributed by atoms with Gasteiger partial charge in [-0.3, -0.25) is 0 Å². The van der Waals surface area contributed by atoms with Crippen LogP contribution in [0.2, 0.25) is 0 Å². The molecule has 1 atom stereocenters. The molecule has 0 saturated carbocycles. The monoisotopic (exact) mass is 470 g/mol. The molecule has 0 aromatic carbocycles. The Bertz CT molecular complexity index is 1330. The van der Waals surface area contributed by atoms with E-state index >= 15 is 0 Å². The van der Waals surface area contributed by atoms with E-state index in [1.807, 2.05) is 35.5 Å². The quantitative estimate of drug-likeness (QED) is 0.473. The van der Waals surface area contributed by atoms with Crippen molar-refractivity contribution in [3.05, 3.63) is 59.1 Å². The molecule has 0 amide bonds. The van der Waals surface area contributed by atoms with Gasteiger partial charge in [0.2, 0.25) is 0 Å². The van der Waals surface area contributed by atoms with E-state index in [-0.39, 0.29) is 0 Å². The third-order valence-electron chi connectivity index (χ3n) is 6.06. The fraction of sp³-hybridized carbons (Fsp3) is 0.417. The van der Waals surface area contributed by atoms with Crippen LogP contribution < -0.4 is 4.90 Å². The van der Waals surface area contributed by atoms with Gasteiger partial charge in [0.25, 0.3) is 0 Å². The zero-order valence-electron chi connectivity index (χ0n) is 19.5. The summed E-state index contributed by atoms with van der Waals surface area (Å²) in [5.74, 6) is 0.439. The molecule has 8 heteroatoms. The molecule has 170 valence electrons. The Morgan fingerprint density at radius 3 is 2.50 bits per heavy atom. The summed E-state index contributed by atoms with van der Waals surface area (Å²) in [5, 5.41) is 5.01. The summed E-state index contributed by atoms with van der Waals surface area (Å²) >= 11 is 1.58. The number of sulfone groups is 1. The molecule has 1 unspecified atom stereocenters. The van der Waals surface area contributed by atoms with Gasteiger partial charge < -0.3 is 4.90 Å². The zero-order chi connectivity index (χ0) is 23.2. The van der Waals surface area contributed by atoms with Gasteiger partial charge in [-0.25, -0.2) is 17.9 Å². The second-order valence-corrected chi connectivity index (χ2v) is 11.7. The number of fused-ring (bicyclic) bond motifs is 1. The van der Waals surface area contributed by atoms with Gasteiger partial charge in [0.15, 0.2) is 20.9 Å². The molecule has 0 fully saturated rings. The van der Waals surface area contributed by atoms with Gasteiger partial charge in [0.1, 0.15) is 5.69 Å². The number of aromatic nitrogens is 3. The minimum atomic E-state index is -3.29. The van der Waals surface area contributed by atoms with Gasteiger partial charge in [0.05, 0.1) is 21.3 Å². The van der Waals surface area contributed by atoms with E-state index in [0.29, 0.717) is 5.92 Å². The topological polar surface area (TPSA) is 67.6 Å². The smallest absolute Gasteiger partial charge is 0.172 e. The Morgan fingerprint density at radius 2 is 1.84 bits per heavy atom. The van der Waals surface area contributed by atoms with Crippen LogP contribution in [0.4, 0.5) is 5.00 Å². The number of thiophene rings is 1. The highest BCUT2D eigenvalue weighted by Gasteiger charge is 2.29. The number of imidazole rings is 1. The number of anilines is 1. The lowest BCUT2D eigenvalue weighted by Crippen LogP contribution is -2.36. The number of rotatable bonds is 6. The van der Waals surface area contributed by atoms with Gasteiger partial charge >= 0.3 is 0 Å². The van der Waals surface area contributed by atoms with E-state index in [1.165, 1.54) is 11.8 Å². The van der Waals surface area contributed by atoms with Gasteiger partial charge in [0, 0.05) is 18.0 Å². The average Bonchev–Trinajstić information content (AvgIpc) is 3.27. The van der Waals surface area contributed by atoms with Crippen molar-refractivity contribution in [3.8, 4) is 10.6 Å². The normalized spacial score (nSPS) is 16.6. The van der Waals surface area contributed by atoms with Crippen molar-refractivity contribution in [2.75, 3.05) is 11.2 Å². The Balaban J connectivity index is 1.88. The summed E-state index contributed by atoms with van der Waals surface area (Å²) in [7, 11) is -3.29. The Kier molecular flexibility index (Phi) is 6.02. The van der Waals surface area contributed by atoms with Crippen LogP contribution in [0.15, 0.2) is 36.6 Å². The first kappa shape index (κ1) is 22.7. The first-order chi connectivity index (χ1) is 15.2. The number of hydrogen-bond acceptors (Lipinski definition) is 6. The fourth-order valence-electron chi connectivity index (χ4n) is 4.42. The highest BCUT2D eigenvalue weighted by molar-refractivity contribution is 7.91. The lowest BCUT2D eigenvalue weighted by molar-refractivity contribution is 0.594. The molecule has 6 nitrogen and oxygen atoms in total. The number of hydrogen-bond donors (Lipinski definition) is 0. The minimum Gasteiger partial charge on any atom is -0.319 e. The van der Waals surface area contributed by atoms with Gasteiger partial charge in [-0.2, -0.15) is 5.10 Å². The highest BCUT2D eigenvalue weighted by Crippen LogP contribution is 2.41. The third kappa shape index (κ3) is 3.90. The van der Waals surface area contributed by atoms with Gasteiger partial charge in [-0.05, 0) is 69.4 Å². The first-order valence-electron chi connectivity index (χ1n) is 11.0. The second kappa shape index (κ2) is 8.48. The summed E-state index contributed by atoms with van der Waals surface area (Å²) in [6, 6.07) is 4.22. The van der Waals surface area contributed by atoms with Crippen molar-refractivity contribution < 1.29 is 8.42 Å². The predicted octanol–water partition coefficient (Wildman–Crippen LogP) is 5.55. The predicted molar refractivity (Wildman–Crippen MR) is 133 cm³/mol. The molecule has 4 heterocycles. The molecule has 0 N–H and O–H groups in total. The maximum atomic E-state index is 12.4. The molecule has 0 saturated heterocycles. The van der Waals surface area contributed by atoms with Gasteiger partial charge in [-0.1, -0.05) is 19.9 Å². The Morgan fingerprint density at radius 1 is 1.12 bits per heavy atom. The van der Waals surface area contributed by atoms with Crippen LogP contribution in [0.25, 0.3) is 16.2 Å². The summed E-state index contributed by atoms with van der Waals surface area (Å²) < 4.78 is 26.7. The largest absolute Gasteiger partial charge is 0.319 e. The average molecular weight is 471 g/mol. The van der Waals surface area contributed by atoms with Crippen molar-refractivity contribution >= 4 is 31.8 Å². The SMILES string of the molecule is CCC(CC)c1cc(C)nn2c(-c3sc(N4C=CC=CC4S(C)(=O)=O)cc3C)c(C)nc12. The number of aryl methyl sites for hydroxylation is 3. The lowest BCUT2D eigenvalue weighted by Gasteiger charge is -2.27. The molecule has 0 spiro atoms. The van der Waals surface area contributed by atoms with Crippen molar-refractivity contribution in [2.45, 2.75) is 58.8 Å². The molecule has 1 aliphatic rings. The maximum absolute atomic E-state index is 12.4. The highest BCUT2D eigenvalue weighted by atomic mass is 32.2. The third-order valence-corrected chi connectivity index (χ3v) is 8.57. The van der Waals surface area contributed by atoms with Crippen LogP contribution >= 0.6 is 11.3 Å². The van der Waals surface area contributed by atoms with Crippen LogP contribution in [0.3, 0.4) is 0 Å². The van der Waals surface area contributed by atoms with Crippen molar-refractivity contribution in [1.29, 1.82) is 0 Å². The first-order valence-corrected chi connectivity index (χ1v) is 13.7. The number of allylic oxidation sites excluding steroid dienone is 2. The van der Waals surface area contributed by atoms with E-state index < -0.39 is 15.2 Å². The van der Waals surface area contributed by atoms with Crippen LogP contribution in [0, 0.1) is 20.8 Å².